The monoisotopic (exact) mass is 314 g/mol. The zero-order valence-corrected chi connectivity index (χ0v) is 14.0. The first kappa shape index (κ1) is 20.1. The molecular weight excluding hydrogens is 287 g/mol. The Kier molecular flexibility index (Phi) is 9.13. The standard InChI is InChI=1S/C16H27FN2O3/c1-6-21-15(20)13(9-18)14(22-10-12(2)3)19-8-7-16(4,5)11-17/h7-9,12,18-19H,6,10-11H2,1-5H3/b8-7+,14-13-,18-9?. The van der Waals surface area contributed by atoms with Crippen LogP contribution in [-0.4, -0.2) is 32.1 Å². The van der Waals surface area contributed by atoms with Crippen LogP contribution in [0.1, 0.15) is 34.6 Å². The fourth-order valence-electron chi connectivity index (χ4n) is 1.26. The molecular formula is C16H27FN2O3. The van der Waals surface area contributed by atoms with E-state index in [9.17, 15) is 9.18 Å². The Bertz CT molecular complexity index is 429. The van der Waals surface area contributed by atoms with Crippen molar-refractivity contribution in [2.24, 2.45) is 11.3 Å². The number of halogens is 1. The number of hydrogen-bond acceptors (Lipinski definition) is 5. The molecule has 22 heavy (non-hydrogen) atoms. The van der Waals surface area contributed by atoms with E-state index in [0.29, 0.717) is 6.61 Å². The Morgan fingerprint density at radius 3 is 2.45 bits per heavy atom. The molecule has 0 atom stereocenters. The van der Waals surface area contributed by atoms with Gasteiger partial charge in [0.25, 0.3) is 0 Å². The molecule has 0 aliphatic carbocycles. The first-order valence-electron chi connectivity index (χ1n) is 7.32. The predicted molar refractivity (Wildman–Crippen MR) is 85.3 cm³/mol. The smallest absolute Gasteiger partial charge is 0.345 e. The molecule has 2 N–H and O–H groups in total. The molecule has 0 heterocycles. The van der Waals surface area contributed by atoms with E-state index in [-0.39, 0.29) is 24.0 Å². The van der Waals surface area contributed by atoms with Crippen LogP contribution < -0.4 is 5.32 Å². The molecule has 0 radical (unpaired) electrons. The van der Waals surface area contributed by atoms with Crippen molar-refractivity contribution >= 4 is 12.2 Å². The largest absolute Gasteiger partial charge is 0.478 e. The number of rotatable bonds is 10. The van der Waals surface area contributed by atoms with Crippen LogP contribution in [0.5, 0.6) is 0 Å². The van der Waals surface area contributed by atoms with Gasteiger partial charge in [0.15, 0.2) is 0 Å². The molecule has 126 valence electrons. The van der Waals surface area contributed by atoms with Crippen molar-refractivity contribution < 1.29 is 18.7 Å². The van der Waals surface area contributed by atoms with E-state index in [1.165, 1.54) is 6.20 Å². The summed E-state index contributed by atoms with van der Waals surface area (Å²) in [6.07, 6.45) is 4.03. The number of allylic oxidation sites excluding steroid dienone is 1. The minimum absolute atomic E-state index is 0.00907. The second-order valence-electron chi connectivity index (χ2n) is 5.91. The van der Waals surface area contributed by atoms with Crippen LogP contribution in [0.25, 0.3) is 0 Å². The molecule has 0 amide bonds. The number of nitrogens with one attached hydrogen (secondary N) is 2. The average molecular weight is 314 g/mol. The summed E-state index contributed by atoms with van der Waals surface area (Å²) in [5.74, 6) is -0.257. The third-order valence-corrected chi connectivity index (χ3v) is 2.54. The maximum atomic E-state index is 12.8. The average Bonchev–Trinajstić information content (AvgIpc) is 2.45. The number of esters is 1. The Labute approximate surface area is 132 Å². The van der Waals surface area contributed by atoms with Crippen molar-refractivity contribution in [2.45, 2.75) is 34.6 Å². The topological polar surface area (TPSA) is 71.4 Å². The lowest BCUT2D eigenvalue weighted by atomic mass is 9.96. The van der Waals surface area contributed by atoms with Gasteiger partial charge in [0.2, 0.25) is 5.88 Å². The molecule has 0 saturated carbocycles. The Morgan fingerprint density at radius 1 is 1.36 bits per heavy atom. The Hall–Kier alpha value is -1.85. The quantitative estimate of drug-likeness (QED) is 0.281. The summed E-state index contributed by atoms with van der Waals surface area (Å²) >= 11 is 0. The summed E-state index contributed by atoms with van der Waals surface area (Å²) in [6, 6.07) is 0. The maximum absolute atomic E-state index is 12.8. The molecule has 0 aliphatic rings. The predicted octanol–water partition coefficient (Wildman–Crippen LogP) is 3.18. The number of alkyl halides is 1. The summed E-state index contributed by atoms with van der Waals surface area (Å²) in [5, 5.41) is 10.2. The molecule has 0 spiro atoms. The van der Waals surface area contributed by atoms with Gasteiger partial charge in [-0.1, -0.05) is 33.8 Å². The minimum atomic E-state index is -0.637. The highest BCUT2D eigenvalue weighted by molar-refractivity contribution is 6.08. The van der Waals surface area contributed by atoms with Crippen molar-refractivity contribution in [2.75, 3.05) is 19.9 Å². The Balaban J connectivity index is 5.24. The van der Waals surface area contributed by atoms with E-state index >= 15 is 0 Å². The van der Waals surface area contributed by atoms with Gasteiger partial charge >= 0.3 is 5.97 Å². The van der Waals surface area contributed by atoms with Gasteiger partial charge in [0.1, 0.15) is 5.57 Å². The summed E-state index contributed by atoms with van der Waals surface area (Å²) in [4.78, 5) is 11.8. The molecule has 0 saturated heterocycles. The van der Waals surface area contributed by atoms with Gasteiger partial charge in [-0.3, -0.25) is 4.39 Å². The van der Waals surface area contributed by atoms with Crippen molar-refractivity contribution in [1.82, 2.24) is 5.32 Å². The number of carbonyl (C=O) groups excluding carboxylic acids is 1. The molecule has 0 unspecified atom stereocenters. The zero-order chi connectivity index (χ0) is 17.2. The van der Waals surface area contributed by atoms with Crippen LogP contribution in [0.2, 0.25) is 0 Å². The molecule has 0 bridgehead atoms. The van der Waals surface area contributed by atoms with Gasteiger partial charge in [-0.05, 0) is 12.8 Å². The molecule has 6 heteroatoms. The molecule has 0 fully saturated rings. The number of carbonyl (C=O) groups is 1. The van der Waals surface area contributed by atoms with E-state index < -0.39 is 18.1 Å². The third-order valence-electron chi connectivity index (χ3n) is 2.54. The van der Waals surface area contributed by atoms with Crippen LogP contribution >= 0.6 is 0 Å². The SMILES string of the molecule is CCOC(=O)/C(C=N)=C(/N/C=C/C(C)(C)CF)OCC(C)C. The Morgan fingerprint density at radius 2 is 2.00 bits per heavy atom. The summed E-state index contributed by atoms with van der Waals surface area (Å²) in [6.45, 7) is 9.18. The lowest BCUT2D eigenvalue weighted by Crippen LogP contribution is -2.21. The molecule has 0 aromatic carbocycles. The van der Waals surface area contributed by atoms with Crippen molar-refractivity contribution in [3.05, 3.63) is 23.7 Å². The van der Waals surface area contributed by atoms with Gasteiger partial charge in [0, 0.05) is 17.8 Å². The van der Waals surface area contributed by atoms with Crippen LogP contribution in [0.15, 0.2) is 23.7 Å². The lowest BCUT2D eigenvalue weighted by Gasteiger charge is -2.17. The van der Waals surface area contributed by atoms with Crippen LogP contribution in [0.4, 0.5) is 4.39 Å². The lowest BCUT2D eigenvalue weighted by molar-refractivity contribution is -0.138. The highest BCUT2D eigenvalue weighted by Gasteiger charge is 2.17. The molecule has 0 aliphatic heterocycles. The summed E-state index contributed by atoms with van der Waals surface area (Å²) < 4.78 is 23.2. The highest BCUT2D eigenvalue weighted by atomic mass is 19.1. The van der Waals surface area contributed by atoms with E-state index in [1.807, 2.05) is 13.8 Å². The molecule has 0 rings (SSSR count). The van der Waals surface area contributed by atoms with Crippen molar-refractivity contribution in [1.29, 1.82) is 5.41 Å². The van der Waals surface area contributed by atoms with Crippen LogP contribution in [0.3, 0.4) is 0 Å². The fourth-order valence-corrected chi connectivity index (χ4v) is 1.26. The van der Waals surface area contributed by atoms with Gasteiger partial charge in [-0.25, -0.2) is 4.79 Å². The highest BCUT2D eigenvalue weighted by Crippen LogP contribution is 2.17. The number of ether oxygens (including phenoxy) is 2. The van der Waals surface area contributed by atoms with E-state index in [4.69, 9.17) is 14.9 Å². The van der Waals surface area contributed by atoms with Crippen LogP contribution in [0, 0.1) is 16.7 Å². The van der Waals surface area contributed by atoms with Gasteiger partial charge < -0.3 is 20.2 Å². The fraction of sp³-hybridized carbons (Fsp3) is 0.625. The summed E-state index contributed by atoms with van der Waals surface area (Å²) in [5.41, 5.74) is -0.629. The van der Waals surface area contributed by atoms with E-state index in [0.717, 1.165) is 6.21 Å². The third kappa shape index (κ3) is 7.81. The summed E-state index contributed by atoms with van der Waals surface area (Å²) in [7, 11) is 0. The second-order valence-corrected chi connectivity index (χ2v) is 5.91. The van der Waals surface area contributed by atoms with Crippen molar-refractivity contribution in [3.8, 4) is 0 Å². The van der Waals surface area contributed by atoms with E-state index in [2.05, 4.69) is 5.32 Å². The van der Waals surface area contributed by atoms with Gasteiger partial charge in [-0.15, -0.1) is 0 Å². The minimum Gasteiger partial charge on any atom is -0.478 e. The molecule has 5 nitrogen and oxygen atoms in total. The normalized spacial score (nSPS) is 13.0. The first-order valence-corrected chi connectivity index (χ1v) is 7.32. The molecule has 0 aromatic heterocycles. The van der Waals surface area contributed by atoms with Crippen LogP contribution in [-0.2, 0) is 14.3 Å². The number of hydrogen-bond donors (Lipinski definition) is 2. The van der Waals surface area contributed by atoms with E-state index in [1.54, 1.807) is 26.8 Å². The van der Waals surface area contributed by atoms with Gasteiger partial charge in [-0.2, -0.15) is 0 Å². The first-order chi connectivity index (χ1) is 10.3. The zero-order valence-electron chi connectivity index (χ0n) is 14.0. The van der Waals surface area contributed by atoms with Gasteiger partial charge in [0.05, 0.1) is 19.9 Å². The van der Waals surface area contributed by atoms with Crippen molar-refractivity contribution in [3.63, 3.8) is 0 Å². The molecule has 0 aromatic rings. The maximum Gasteiger partial charge on any atom is 0.345 e. The second kappa shape index (κ2) is 9.97.